The molecule has 1 aliphatic carbocycles. The number of hydrogen-bond donors (Lipinski definition) is 2. The summed E-state index contributed by atoms with van der Waals surface area (Å²) in [6.07, 6.45) is 5.08. The molecule has 0 aromatic rings. The minimum Gasteiger partial charge on any atom is -0.444 e. The number of rotatable bonds is 5. The summed E-state index contributed by atoms with van der Waals surface area (Å²) >= 11 is 0. The molecule has 0 spiro atoms. The Morgan fingerprint density at radius 1 is 1.28 bits per heavy atom. The lowest BCUT2D eigenvalue weighted by molar-refractivity contribution is 0.0527. The summed E-state index contributed by atoms with van der Waals surface area (Å²) in [6.45, 7) is 9.26. The van der Waals surface area contributed by atoms with E-state index in [-0.39, 0.29) is 6.09 Å². The SMILES string of the molecule is C[C@H](NCCNC(=O)OC(C)(C)C)C1CCCC1. The Labute approximate surface area is 111 Å². The largest absolute Gasteiger partial charge is 0.444 e. The number of alkyl carbamates (subject to hydrolysis) is 1. The van der Waals surface area contributed by atoms with E-state index in [9.17, 15) is 4.79 Å². The van der Waals surface area contributed by atoms with Crippen molar-refractivity contribution < 1.29 is 9.53 Å². The zero-order valence-corrected chi connectivity index (χ0v) is 12.2. The summed E-state index contributed by atoms with van der Waals surface area (Å²) in [5.74, 6) is 0.812. The fourth-order valence-electron chi connectivity index (χ4n) is 2.40. The minimum absolute atomic E-state index is 0.335. The van der Waals surface area contributed by atoms with Gasteiger partial charge in [0.1, 0.15) is 5.60 Å². The van der Waals surface area contributed by atoms with Crippen LogP contribution in [0.15, 0.2) is 0 Å². The first-order valence-corrected chi connectivity index (χ1v) is 7.09. The molecule has 1 atom stereocenters. The third-order valence-corrected chi connectivity index (χ3v) is 3.37. The van der Waals surface area contributed by atoms with Crippen LogP contribution in [0.25, 0.3) is 0 Å². The van der Waals surface area contributed by atoms with Gasteiger partial charge in [-0.3, -0.25) is 0 Å². The maximum Gasteiger partial charge on any atom is 0.407 e. The number of nitrogens with one attached hydrogen (secondary N) is 2. The zero-order valence-electron chi connectivity index (χ0n) is 12.2. The molecule has 0 radical (unpaired) electrons. The van der Waals surface area contributed by atoms with Crippen molar-refractivity contribution in [2.45, 2.75) is 65.0 Å². The molecule has 0 unspecified atom stereocenters. The van der Waals surface area contributed by atoms with Crippen molar-refractivity contribution in [3.05, 3.63) is 0 Å². The highest BCUT2D eigenvalue weighted by molar-refractivity contribution is 5.67. The maximum atomic E-state index is 11.4. The van der Waals surface area contributed by atoms with E-state index in [2.05, 4.69) is 17.6 Å². The van der Waals surface area contributed by atoms with Crippen LogP contribution in [-0.4, -0.2) is 30.8 Å². The Kier molecular flexibility index (Phi) is 5.93. The number of carbonyl (C=O) groups excluding carboxylic acids is 1. The summed E-state index contributed by atoms with van der Waals surface area (Å²) < 4.78 is 5.17. The number of ether oxygens (including phenoxy) is 1. The van der Waals surface area contributed by atoms with Crippen LogP contribution in [0.1, 0.15) is 53.4 Å². The topological polar surface area (TPSA) is 50.4 Å². The van der Waals surface area contributed by atoms with Crippen LogP contribution in [0.2, 0.25) is 0 Å². The number of hydrogen-bond acceptors (Lipinski definition) is 3. The Bertz CT molecular complexity index is 255. The van der Waals surface area contributed by atoms with Crippen LogP contribution in [0, 0.1) is 5.92 Å². The van der Waals surface area contributed by atoms with Gasteiger partial charge in [-0.1, -0.05) is 12.8 Å². The van der Waals surface area contributed by atoms with Gasteiger partial charge < -0.3 is 15.4 Å². The van der Waals surface area contributed by atoms with Gasteiger partial charge in [0, 0.05) is 19.1 Å². The lowest BCUT2D eigenvalue weighted by Gasteiger charge is -2.22. The summed E-state index contributed by atoms with van der Waals surface area (Å²) in [4.78, 5) is 11.4. The van der Waals surface area contributed by atoms with Crippen LogP contribution < -0.4 is 10.6 Å². The molecule has 0 aromatic carbocycles. The number of amides is 1. The van der Waals surface area contributed by atoms with Crippen LogP contribution in [0.4, 0.5) is 4.79 Å². The molecule has 1 saturated carbocycles. The molecule has 1 aliphatic rings. The predicted molar refractivity (Wildman–Crippen MR) is 73.7 cm³/mol. The Morgan fingerprint density at radius 2 is 1.89 bits per heavy atom. The lowest BCUT2D eigenvalue weighted by Crippen LogP contribution is -2.40. The predicted octanol–water partition coefficient (Wildman–Crippen LogP) is 2.68. The average Bonchev–Trinajstić information content (AvgIpc) is 2.74. The second-order valence-electron chi connectivity index (χ2n) is 6.22. The van der Waals surface area contributed by atoms with Crippen molar-refractivity contribution in [2.24, 2.45) is 5.92 Å². The fraction of sp³-hybridized carbons (Fsp3) is 0.929. The lowest BCUT2D eigenvalue weighted by atomic mass is 10.00. The van der Waals surface area contributed by atoms with Gasteiger partial charge in [0.2, 0.25) is 0 Å². The molecule has 0 bridgehead atoms. The number of carbonyl (C=O) groups is 1. The van der Waals surface area contributed by atoms with Gasteiger partial charge >= 0.3 is 6.09 Å². The highest BCUT2D eigenvalue weighted by atomic mass is 16.6. The first-order valence-electron chi connectivity index (χ1n) is 7.09. The van der Waals surface area contributed by atoms with Crippen molar-refractivity contribution in [1.82, 2.24) is 10.6 Å². The zero-order chi connectivity index (χ0) is 13.6. The van der Waals surface area contributed by atoms with Crippen LogP contribution in [0.5, 0.6) is 0 Å². The molecular weight excluding hydrogens is 228 g/mol. The summed E-state index contributed by atoms with van der Waals surface area (Å²) in [7, 11) is 0. The van der Waals surface area contributed by atoms with E-state index >= 15 is 0 Å². The van der Waals surface area contributed by atoms with Crippen molar-refractivity contribution in [3.8, 4) is 0 Å². The second kappa shape index (κ2) is 6.98. The fourth-order valence-corrected chi connectivity index (χ4v) is 2.40. The smallest absolute Gasteiger partial charge is 0.407 e. The van der Waals surface area contributed by atoms with Crippen molar-refractivity contribution in [1.29, 1.82) is 0 Å². The highest BCUT2D eigenvalue weighted by Crippen LogP contribution is 2.27. The molecule has 1 fully saturated rings. The average molecular weight is 256 g/mol. The second-order valence-corrected chi connectivity index (χ2v) is 6.22. The normalized spacial score (nSPS) is 18.7. The summed E-state index contributed by atoms with van der Waals surface area (Å²) in [5.41, 5.74) is -0.422. The van der Waals surface area contributed by atoms with E-state index in [1.807, 2.05) is 20.8 Å². The molecule has 4 nitrogen and oxygen atoms in total. The summed E-state index contributed by atoms with van der Waals surface area (Å²) in [6, 6.07) is 0.549. The molecule has 4 heteroatoms. The standard InChI is InChI=1S/C14H28N2O2/c1-11(12-7-5-6-8-12)15-9-10-16-13(17)18-14(2,3)4/h11-12,15H,5-10H2,1-4H3,(H,16,17)/t11-/m0/s1. The van der Waals surface area contributed by atoms with E-state index < -0.39 is 5.60 Å². The van der Waals surface area contributed by atoms with Gasteiger partial charge in [-0.25, -0.2) is 4.79 Å². The first-order chi connectivity index (χ1) is 8.38. The van der Waals surface area contributed by atoms with E-state index in [0.29, 0.717) is 12.6 Å². The van der Waals surface area contributed by atoms with Gasteiger partial charge in [-0.2, -0.15) is 0 Å². The van der Waals surface area contributed by atoms with E-state index in [4.69, 9.17) is 4.74 Å². The van der Waals surface area contributed by atoms with Gasteiger partial charge in [-0.05, 0) is 46.5 Å². The van der Waals surface area contributed by atoms with Crippen molar-refractivity contribution in [2.75, 3.05) is 13.1 Å². The summed E-state index contributed by atoms with van der Waals surface area (Å²) in [5, 5.41) is 6.23. The molecule has 18 heavy (non-hydrogen) atoms. The van der Waals surface area contributed by atoms with Crippen molar-refractivity contribution >= 4 is 6.09 Å². The Balaban J connectivity index is 2.05. The molecule has 0 saturated heterocycles. The molecule has 0 aromatic heterocycles. The Morgan fingerprint density at radius 3 is 2.44 bits per heavy atom. The third kappa shape index (κ3) is 6.24. The molecule has 0 heterocycles. The van der Waals surface area contributed by atoms with Gasteiger partial charge in [0.15, 0.2) is 0 Å². The van der Waals surface area contributed by atoms with Gasteiger partial charge in [0.25, 0.3) is 0 Å². The van der Waals surface area contributed by atoms with Crippen molar-refractivity contribution in [3.63, 3.8) is 0 Å². The Hall–Kier alpha value is -0.770. The molecule has 106 valence electrons. The van der Waals surface area contributed by atoms with E-state index in [0.717, 1.165) is 12.5 Å². The molecular formula is C14H28N2O2. The van der Waals surface area contributed by atoms with E-state index in [1.165, 1.54) is 25.7 Å². The molecule has 1 amide bonds. The highest BCUT2D eigenvalue weighted by Gasteiger charge is 2.21. The van der Waals surface area contributed by atoms with E-state index in [1.54, 1.807) is 0 Å². The monoisotopic (exact) mass is 256 g/mol. The molecule has 2 N–H and O–H groups in total. The van der Waals surface area contributed by atoms with Gasteiger partial charge in [-0.15, -0.1) is 0 Å². The minimum atomic E-state index is -0.422. The van der Waals surface area contributed by atoms with Crippen LogP contribution in [0.3, 0.4) is 0 Å². The molecule has 0 aliphatic heterocycles. The first kappa shape index (κ1) is 15.3. The molecule has 1 rings (SSSR count). The van der Waals surface area contributed by atoms with Gasteiger partial charge in [0.05, 0.1) is 0 Å². The third-order valence-electron chi connectivity index (χ3n) is 3.37. The van der Waals surface area contributed by atoms with Crippen LogP contribution in [-0.2, 0) is 4.74 Å². The maximum absolute atomic E-state index is 11.4. The quantitative estimate of drug-likeness (QED) is 0.744. The van der Waals surface area contributed by atoms with Crippen LogP contribution >= 0.6 is 0 Å².